The number of nitrogens with zero attached hydrogens (tertiary/aromatic N) is 1. The standard InChI is InChI=1S/C39H75NO8/c1-5-7-9-22-29-47-38(43)31-35(41)25-19-15-11-13-17-21-27-45-34-37(33-40(3)4)46-28-24-18-14-12-16-20-26-36(42)32-39(44)48-30-23-10-8-6-2/h37-38,43H,5-34H2,1-4H3. The first-order chi connectivity index (χ1) is 23.3. The third kappa shape index (κ3) is 34.5. The van der Waals surface area contributed by atoms with Crippen molar-refractivity contribution in [3.63, 3.8) is 0 Å². The van der Waals surface area contributed by atoms with Crippen LogP contribution in [0.5, 0.6) is 0 Å². The quantitative estimate of drug-likeness (QED) is 0.0297. The summed E-state index contributed by atoms with van der Waals surface area (Å²) < 4.78 is 22.6. The van der Waals surface area contributed by atoms with E-state index in [0.29, 0.717) is 32.7 Å². The molecule has 0 aromatic carbocycles. The Morgan fingerprint density at radius 2 is 1.06 bits per heavy atom. The molecule has 0 aliphatic heterocycles. The Labute approximate surface area is 294 Å². The summed E-state index contributed by atoms with van der Waals surface area (Å²) in [6.07, 6.45) is 21.3. The molecule has 2 unspecified atom stereocenters. The van der Waals surface area contributed by atoms with Gasteiger partial charge in [-0.25, -0.2) is 0 Å². The van der Waals surface area contributed by atoms with Crippen LogP contribution in [0.1, 0.15) is 168 Å². The van der Waals surface area contributed by atoms with Gasteiger partial charge in [-0.15, -0.1) is 0 Å². The predicted molar refractivity (Wildman–Crippen MR) is 194 cm³/mol. The number of hydrogen-bond donors (Lipinski definition) is 1. The molecule has 0 saturated heterocycles. The number of rotatable bonds is 38. The largest absolute Gasteiger partial charge is 0.465 e. The second kappa shape index (κ2) is 35.4. The second-order valence-electron chi connectivity index (χ2n) is 13.7. The van der Waals surface area contributed by atoms with Gasteiger partial charge in [-0.1, -0.05) is 104 Å². The van der Waals surface area contributed by atoms with Gasteiger partial charge in [-0.2, -0.15) is 0 Å². The van der Waals surface area contributed by atoms with E-state index in [0.717, 1.165) is 135 Å². The van der Waals surface area contributed by atoms with Crippen LogP contribution in [0.25, 0.3) is 0 Å². The van der Waals surface area contributed by atoms with Crippen LogP contribution in [-0.2, 0) is 33.3 Å². The van der Waals surface area contributed by atoms with Gasteiger partial charge in [0.05, 0.1) is 25.7 Å². The lowest BCUT2D eigenvalue weighted by molar-refractivity contribution is -0.146. The fraction of sp³-hybridized carbons (Fsp3) is 0.923. The third-order valence-electron chi connectivity index (χ3n) is 8.38. The zero-order valence-electron chi connectivity index (χ0n) is 31.6. The Morgan fingerprint density at radius 3 is 1.65 bits per heavy atom. The summed E-state index contributed by atoms with van der Waals surface area (Å²) in [5, 5.41) is 9.87. The minimum Gasteiger partial charge on any atom is -0.465 e. The molecule has 0 rings (SSSR count). The highest BCUT2D eigenvalue weighted by Gasteiger charge is 2.13. The average molecular weight is 686 g/mol. The van der Waals surface area contributed by atoms with Gasteiger partial charge in [-0.3, -0.25) is 14.4 Å². The molecule has 9 heteroatoms. The summed E-state index contributed by atoms with van der Waals surface area (Å²) in [6.45, 7) is 8.17. The number of aliphatic hydroxyl groups excluding tert-OH is 1. The van der Waals surface area contributed by atoms with Gasteiger partial charge in [0.25, 0.3) is 0 Å². The summed E-state index contributed by atoms with van der Waals surface area (Å²) in [5.41, 5.74) is 0. The van der Waals surface area contributed by atoms with Gasteiger partial charge in [-0.05, 0) is 52.6 Å². The highest BCUT2D eigenvalue weighted by atomic mass is 16.6. The maximum atomic E-state index is 12.1. The van der Waals surface area contributed by atoms with E-state index in [9.17, 15) is 19.5 Å². The van der Waals surface area contributed by atoms with Crippen molar-refractivity contribution in [2.24, 2.45) is 0 Å². The summed E-state index contributed by atoms with van der Waals surface area (Å²) in [4.78, 5) is 38.0. The van der Waals surface area contributed by atoms with Crippen LogP contribution in [0.3, 0.4) is 0 Å². The average Bonchev–Trinajstić information content (AvgIpc) is 3.04. The van der Waals surface area contributed by atoms with Gasteiger partial charge < -0.3 is 29.0 Å². The first-order valence-corrected chi connectivity index (χ1v) is 19.6. The van der Waals surface area contributed by atoms with Crippen molar-refractivity contribution < 1.29 is 38.4 Å². The van der Waals surface area contributed by atoms with Crippen molar-refractivity contribution in [1.29, 1.82) is 0 Å². The molecule has 0 amide bonds. The van der Waals surface area contributed by atoms with Gasteiger partial charge in [0.1, 0.15) is 18.0 Å². The molecule has 48 heavy (non-hydrogen) atoms. The second-order valence-corrected chi connectivity index (χ2v) is 13.7. The van der Waals surface area contributed by atoms with Crippen LogP contribution in [0.4, 0.5) is 0 Å². The first kappa shape index (κ1) is 46.6. The van der Waals surface area contributed by atoms with E-state index < -0.39 is 6.29 Å². The summed E-state index contributed by atoms with van der Waals surface area (Å²) in [5.74, 6) is -0.301. The topological polar surface area (TPSA) is 112 Å². The minimum absolute atomic E-state index is 0.0102. The SMILES string of the molecule is CCCCCCOC(=O)CC(=O)CCCCCCCCOC(COCCCCCCCCC(=O)CC(O)OCCCCCC)CN(C)C. The van der Waals surface area contributed by atoms with Crippen molar-refractivity contribution in [1.82, 2.24) is 4.90 Å². The van der Waals surface area contributed by atoms with Crippen LogP contribution < -0.4 is 0 Å². The van der Waals surface area contributed by atoms with Crippen LogP contribution >= 0.6 is 0 Å². The lowest BCUT2D eigenvalue weighted by Crippen LogP contribution is -2.32. The van der Waals surface area contributed by atoms with Crippen LogP contribution in [-0.4, -0.2) is 93.6 Å². The van der Waals surface area contributed by atoms with Crippen molar-refractivity contribution in [3.8, 4) is 0 Å². The van der Waals surface area contributed by atoms with E-state index in [-0.39, 0.29) is 36.5 Å². The lowest BCUT2D eigenvalue weighted by atomic mass is 10.1. The monoisotopic (exact) mass is 686 g/mol. The van der Waals surface area contributed by atoms with Crippen LogP contribution in [0.2, 0.25) is 0 Å². The lowest BCUT2D eigenvalue weighted by Gasteiger charge is -2.21. The molecule has 0 fully saturated rings. The Kier molecular flexibility index (Phi) is 34.4. The Hall–Kier alpha value is -1.39. The number of carbonyl (C=O) groups excluding carboxylic acids is 3. The van der Waals surface area contributed by atoms with E-state index in [1.807, 2.05) is 0 Å². The molecule has 284 valence electrons. The number of carbonyl (C=O) groups is 3. The summed E-state index contributed by atoms with van der Waals surface area (Å²) in [6, 6.07) is 0. The molecule has 0 aliphatic rings. The van der Waals surface area contributed by atoms with E-state index in [1.165, 1.54) is 12.8 Å². The van der Waals surface area contributed by atoms with E-state index in [4.69, 9.17) is 18.9 Å². The van der Waals surface area contributed by atoms with Crippen LogP contribution in [0.15, 0.2) is 0 Å². The molecule has 0 aliphatic carbocycles. The highest BCUT2D eigenvalue weighted by Crippen LogP contribution is 2.12. The van der Waals surface area contributed by atoms with Crippen molar-refractivity contribution in [2.45, 2.75) is 180 Å². The molecule has 0 bridgehead atoms. The molecular formula is C39H75NO8. The van der Waals surface area contributed by atoms with Gasteiger partial charge in [0.15, 0.2) is 6.29 Å². The molecule has 0 aromatic rings. The number of Topliss-reactive ketones (excluding diaryl/α,β-unsaturated/α-hetero) is 2. The number of unbranched alkanes of at least 4 members (excludes halogenated alkanes) is 16. The van der Waals surface area contributed by atoms with Gasteiger partial charge >= 0.3 is 5.97 Å². The highest BCUT2D eigenvalue weighted by molar-refractivity contribution is 5.95. The Morgan fingerprint density at radius 1 is 0.583 bits per heavy atom. The van der Waals surface area contributed by atoms with Crippen LogP contribution in [0, 0.1) is 0 Å². The molecule has 0 spiro atoms. The fourth-order valence-corrected chi connectivity index (χ4v) is 5.51. The van der Waals surface area contributed by atoms with E-state index >= 15 is 0 Å². The van der Waals surface area contributed by atoms with Crippen molar-refractivity contribution in [3.05, 3.63) is 0 Å². The molecular weight excluding hydrogens is 610 g/mol. The maximum Gasteiger partial charge on any atom is 0.313 e. The van der Waals surface area contributed by atoms with Crippen molar-refractivity contribution in [2.75, 3.05) is 53.7 Å². The fourth-order valence-electron chi connectivity index (χ4n) is 5.51. The number of ketones is 2. The van der Waals surface area contributed by atoms with E-state index in [1.54, 1.807) is 0 Å². The smallest absolute Gasteiger partial charge is 0.313 e. The zero-order chi connectivity index (χ0) is 35.5. The number of likely N-dealkylation sites (N-methyl/N-ethyl adjacent to an activating group) is 1. The number of ether oxygens (including phenoxy) is 4. The maximum absolute atomic E-state index is 12.1. The van der Waals surface area contributed by atoms with Crippen molar-refractivity contribution >= 4 is 17.5 Å². The summed E-state index contributed by atoms with van der Waals surface area (Å²) in [7, 11) is 4.11. The molecule has 1 N–H and O–H groups in total. The molecule has 0 heterocycles. The number of aliphatic hydroxyl groups is 1. The molecule has 9 nitrogen and oxygen atoms in total. The van der Waals surface area contributed by atoms with Gasteiger partial charge in [0.2, 0.25) is 0 Å². The Balaban J connectivity index is 3.70. The molecule has 2 atom stereocenters. The first-order valence-electron chi connectivity index (χ1n) is 19.6. The number of hydrogen-bond acceptors (Lipinski definition) is 9. The molecule has 0 radical (unpaired) electrons. The number of esters is 1. The normalized spacial score (nSPS) is 12.8. The summed E-state index contributed by atoms with van der Waals surface area (Å²) >= 11 is 0. The predicted octanol–water partition coefficient (Wildman–Crippen LogP) is 8.37. The third-order valence-corrected chi connectivity index (χ3v) is 8.38. The van der Waals surface area contributed by atoms with Gasteiger partial charge in [0, 0.05) is 39.2 Å². The zero-order valence-corrected chi connectivity index (χ0v) is 31.6. The van der Waals surface area contributed by atoms with E-state index in [2.05, 4.69) is 32.8 Å². The molecule has 0 aromatic heterocycles. The Bertz CT molecular complexity index is 747. The minimum atomic E-state index is -0.955. The molecule has 0 saturated carbocycles.